The molecule has 3 rings (SSSR count). The maximum atomic E-state index is 13.2. The fourth-order valence-corrected chi connectivity index (χ4v) is 3.60. The first-order valence-corrected chi connectivity index (χ1v) is 10.0. The van der Waals surface area contributed by atoms with Gasteiger partial charge in [0.05, 0.1) is 36.3 Å². The Hall–Kier alpha value is -3.80. The summed E-state index contributed by atoms with van der Waals surface area (Å²) in [4.78, 5) is 28.0. The molecule has 9 heteroatoms. The van der Waals surface area contributed by atoms with E-state index >= 15 is 0 Å². The number of carbonyl (C=O) groups is 1. The first kappa shape index (κ1) is 21.9. The molecule has 0 bridgehead atoms. The van der Waals surface area contributed by atoms with Crippen LogP contribution in [0.5, 0.6) is 11.5 Å². The summed E-state index contributed by atoms with van der Waals surface area (Å²) in [6, 6.07) is 12.0. The number of benzene rings is 2. The summed E-state index contributed by atoms with van der Waals surface area (Å²) in [6.07, 6.45) is 0.716. The number of nitro benzene ring substituents is 1. The van der Waals surface area contributed by atoms with Crippen molar-refractivity contribution >= 4 is 17.3 Å². The predicted octanol–water partition coefficient (Wildman–Crippen LogP) is 3.23. The van der Waals surface area contributed by atoms with Gasteiger partial charge in [-0.3, -0.25) is 14.9 Å². The van der Waals surface area contributed by atoms with Crippen molar-refractivity contribution in [3.05, 3.63) is 57.6 Å². The molecule has 0 aromatic heterocycles. The summed E-state index contributed by atoms with van der Waals surface area (Å²) in [6.45, 7) is 4.31. The number of hydrogen-bond donors (Lipinski definition) is 0. The van der Waals surface area contributed by atoms with Crippen LogP contribution in [0.4, 0.5) is 11.4 Å². The van der Waals surface area contributed by atoms with Crippen LogP contribution >= 0.6 is 0 Å². The van der Waals surface area contributed by atoms with Crippen molar-refractivity contribution in [3.8, 4) is 17.6 Å². The summed E-state index contributed by atoms with van der Waals surface area (Å²) in [5.74, 6) is 0.107. The second kappa shape index (κ2) is 9.80. The molecule has 2 aromatic rings. The summed E-state index contributed by atoms with van der Waals surface area (Å²) in [7, 11) is 1.43. The third kappa shape index (κ3) is 4.86. The first-order chi connectivity index (χ1) is 15.0. The molecule has 1 aliphatic heterocycles. The Morgan fingerprint density at radius 2 is 1.90 bits per heavy atom. The second-order valence-electron chi connectivity index (χ2n) is 7.00. The molecular weight excluding hydrogens is 400 g/mol. The Balaban J connectivity index is 1.82. The SMILES string of the molecule is CCOc1cc([N+](=O)[O-])c(C(=O)N2CCCN(c3ccc(C#N)cc3)CC2)cc1OC. The summed E-state index contributed by atoms with van der Waals surface area (Å²) >= 11 is 0. The van der Waals surface area contributed by atoms with E-state index in [0.717, 1.165) is 12.2 Å². The first-order valence-electron chi connectivity index (χ1n) is 10.0. The zero-order chi connectivity index (χ0) is 22.4. The van der Waals surface area contributed by atoms with Gasteiger partial charge in [0.2, 0.25) is 0 Å². The standard InChI is InChI=1S/C22H24N4O5/c1-3-31-21-14-19(26(28)29)18(13-20(21)30-2)22(27)25-10-4-9-24(11-12-25)17-7-5-16(15-23)6-8-17/h5-8,13-14H,3-4,9-12H2,1-2H3. The molecule has 162 valence electrons. The molecule has 2 aromatic carbocycles. The maximum absolute atomic E-state index is 13.2. The van der Waals surface area contributed by atoms with Gasteiger partial charge < -0.3 is 19.3 Å². The summed E-state index contributed by atoms with van der Waals surface area (Å²) < 4.78 is 10.7. The quantitative estimate of drug-likeness (QED) is 0.517. The normalized spacial score (nSPS) is 13.8. The number of hydrogen-bond acceptors (Lipinski definition) is 7. The van der Waals surface area contributed by atoms with Gasteiger partial charge in [-0.15, -0.1) is 0 Å². The number of rotatable bonds is 6. The topological polar surface area (TPSA) is 109 Å². The van der Waals surface area contributed by atoms with Crippen LogP contribution in [0.2, 0.25) is 0 Å². The average molecular weight is 424 g/mol. The molecule has 1 amide bonds. The number of carbonyl (C=O) groups excluding carboxylic acids is 1. The van der Waals surface area contributed by atoms with Gasteiger partial charge >= 0.3 is 0 Å². The van der Waals surface area contributed by atoms with E-state index in [1.165, 1.54) is 19.2 Å². The van der Waals surface area contributed by atoms with Crippen LogP contribution in [0, 0.1) is 21.4 Å². The van der Waals surface area contributed by atoms with Crippen LogP contribution in [0.25, 0.3) is 0 Å². The lowest BCUT2D eigenvalue weighted by Gasteiger charge is -2.24. The number of methoxy groups -OCH3 is 1. The molecule has 0 aliphatic carbocycles. The molecule has 31 heavy (non-hydrogen) atoms. The Morgan fingerprint density at radius 1 is 1.16 bits per heavy atom. The monoisotopic (exact) mass is 424 g/mol. The molecule has 1 aliphatic rings. The minimum atomic E-state index is -0.573. The number of ether oxygens (including phenoxy) is 2. The van der Waals surface area contributed by atoms with Crippen molar-refractivity contribution in [1.29, 1.82) is 5.26 Å². The number of nitro groups is 1. The lowest BCUT2D eigenvalue weighted by Crippen LogP contribution is -2.35. The van der Waals surface area contributed by atoms with Gasteiger partial charge in [-0.2, -0.15) is 5.26 Å². The fourth-order valence-electron chi connectivity index (χ4n) is 3.60. The van der Waals surface area contributed by atoms with Crippen LogP contribution < -0.4 is 14.4 Å². The van der Waals surface area contributed by atoms with Crippen molar-refractivity contribution in [1.82, 2.24) is 4.90 Å². The van der Waals surface area contributed by atoms with Gasteiger partial charge in [-0.05, 0) is 37.6 Å². The van der Waals surface area contributed by atoms with E-state index in [2.05, 4.69) is 11.0 Å². The third-order valence-electron chi connectivity index (χ3n) is 5.15. The van der Waals surface area contributed by atoms with Gasteiger partial charge in [-0.25, -0.2) is 0 Å². The van der Waals surface area contributed by atoms with Crippen LogP contribution in [-0.2, 0) is 0 Å². The van der Waals surface area contributed by atoms with E-state index in [0.29, 0.717) is 38.2 Å². The van der Waals surface area contributed by atoms with E-state index in [-0.39, 0.29) is 22.7 Å². The molecule has 0 saturated carbocycles. The van der Waals surface area contributed by atoms with Crippen molar-refractivity contribution < 1.29 is 19.2 Å². The Bertz CT molecular complexity index is 1000. The van der Waals surface area contributed by atoms with Crippen molar-refractivity contribution in [2.45, 2.75) is 13.3 Å². The highest BCUT2D eigenvalue weighted by Crippen LogP contribution is 2.35. The molecule has 0 radical (unpaired) electrons. The smallest absolute Gasteiger partial charge is 0.286 e. The van der Waals surface area contributed by atoms with E-state index < -0.39 is 10.8 Å². The molecule has 1 saturated heterocycles. The molecule has 1 heterocycles. The molecule has 0 N–H and O–H groups in total. The van der Waals surface area contributed by atoms with Crippen molar-refractivity contribution in [2.75, 3.05) is 44.8 Å². The van der Waals surface area contributed by atoms with Gasteiger partial charge in [0.25, 0.3) is 11.6 Å². The summed E-state index contributed by atoms with van der Waals surface area (Å²) in [5.41, 5.74) is 1.24. The highest BCUT2D eigenvalue weighted by atomic mass is 16.6. The summed E-state index contributed by atoms with van der Waals surface area (Å²) in [5, 5.41) is 20.6. The van der Waals surface area contributed by atoms with E-state index in [1.807, 2.05) is 12.1 Å². The highest BCUT2D eigenvalue weighted by Gasteiger charge is 2.29. The lowest BCUT2D eigenvalue weighted by atomic mass is 10.1. The van der Waals surface area contributed by atoms with Crippen molar-refractivity contribution in [2.24, 2.45) is 0 Å². The minimum absolute atomic E-state index is 0.0165. The Morgan fingerprint density at radius 3 is 2.52 bits per heavy atom. The molecule has 9 nitrogen and oxygen atoms in total. The van der Waals surface area contributed by atoms with Gasteiger partial charge in [-0.1, -0.05) is 0 Å². The zero-order valence-corrected chi connectivity index (χ0v) is 17.5. The second-order valence-corrected chi connectivity index (χ2v) is 7.00. The van der Waals surface area contributed by atoms with Crippen LogP contribution in [0.1, 0.15) is 29.3 Å². The molecular formula is C22H24N4O5. The minimum Gasteiger partial charge on any atom is -0.493 e. The zero-order valence-electron chi connectivity index (χ0n) is 17.5. The average Bonchev–Trinajstić information content (AvgIpc) is 3.05. The number of nitrogens with zero attached hydrogens (tertiary/aromatic N) is 4. The molecule has 0 atom stereocenters. The van der Waals surface area contributed by atoms with Crippen LogP contribution in [-0.4, -0.2) is 55.6 Å². The Labute approximate surface area is 180 Å². The molecule has 1 fully saturated rings. The molecule has 0 unspecified atom stereocenters. The van der Waals surface area contributed by atoms with Crippen molar-refractivity contribution in [3.63, 3.8) is 0 Å². The van der Waals surface area contributed by atoms with E-state index in [9.17, 15) is 14.9 Å². The van der Waals surface area contributed by atoms with Gasteiger partial charge in [0.1, 0.15) is 5.56 Å². The predicted molar refractivity (Wildman–Crippen MR) is 115 cm³/mol. The van der Waals surface area contributed by atoms with Crippen LogP contribution in [0.15, 0.2) is 36.4 Å². The number of amides is 1. The Kier molecular flexibility index (Phi) is 6.92. The largest absolute Gasteiger partial charge is 0.493 e. The van der Waals surface area contributed by atoms with E-state index in [1.54, 1.807) is 24.0 Å². The van der Waals surface area contributed by atoms with Crippen LogP contribution in [0.3, 0.4) is 0 Å². The molecule has 0 spiro atoms. The number of nitriles is 1. The lowest BCUT2D eigenvalue weighted by molar-refractivity contribution is -0.385. The fraction of sp³-hybridized carbons (Fsp3) is 0.364. The maximum Gasteiger partial charge on any atom is 0.286 e. The van der Waals surface area contributed by atoms with Gasteiger partial charge in [0.15, 0.2) is 11.5 Å². The van der Waals surface area contributed by atoms with E-state index in [4.69, 9.17) is 14.7 Å². The highest BCUT2D eigenvalue weighted by molar-refractivity contribution is 5.99. The van der Waals surface area contributed by atoms with Gasteiger partial charge in [0, 0.05) is 37.9 Å². The number of anilines is 1. The third-order valence-corrected chi connectivity index (χ3v) is 5.15.